The van der Waals surface area contributed by atoms with Crippen LogP contribution in [0.2, 0.25) is 0 Å². The molecule has 6 heteroatoms. The Morgan fingerprint density at radius 3 is 1.69 bits per heavy atom. The van der Waals surface area contributed by atoms with E-state index in [0.29, 0.717) is 31.0 Å². The molecule has 0 aromatic rings. The second-order valence-corrected chi connectivity index (χ2v) is 18.1. The molecular formula is C48H93NO5. The van der Waals surface area contributed by atoms with Gasteiger partial charge < -0.3 is 19.5 Å². The van der Waals surface area contributed by atoms with Crippen LogP contribution in [0.4, 0.5) is 0 Å². The van der Waals surface area contributed by atoms with Gasteiger partial charge in [0, 0.05) is 19.6 Å². The predicted octanol–water partition coefficient (Wildman–Crippen LogP) is 13.6. The minimum atomic E-state index is -0.424. The fraction of sp³-hybridized carbons (Fsp3) is 0.958. The highest BCUT2D eigenvalue weighted by molar-refractivity contribution is 5.75. The van der Waals surface area contributed by atoms with Crippen molar-refractivity contribution >= 4 is 11.9 Å². The Kier molecular flexibility index (Phi) is 32.0. The van der Waals surface area contributed by atoms with Gasteiger partial charge in [-0.2, -0.15) is 0 Å². The molecule has 320 valence electrons. The van der Waals surface area contributed by atoms with E-state index in [1.165, 1.54) is 161 Å². The summed E-state index contributed by atoms with van der Waals surface area (Å²) in [6.45, 7) is 15.5. The molecule has 0 unspecified atom stereocenters. The van der Waals surface area contributed by atoms with E-state index in [9.17, 15) is 14.7 Å². The Balaban J connectivity index is 2.26. The molecule has 0 aromatic carbocycles. The molecule has 0 heterocycles. The van der Waals surface area contributed by atoms with Gasteiger partial charge in [0.05, 0.1) is 18.6 Å². The van der Waals surface area contributed by atoms with Crippen LogP contribution in [0.25, 0.3) is 0 Å². The number of hydrogen-bond donors (Lipinski definition) is 1. The third-order valence-corrected chi connectivity index (χ3v) is 12.4. The predicted molar refractivity (Wildman–Crippen MR) is 230 cm³/mol. The zero-order valence-corrected chi connectivity index (χ0v) is 37.0. The first-order chi connectivity index (χ1) is 26.2. The van der Waals surface area contributed by atoms with Gasteiger partial charge in [-0.15, -0.1) is 0 Å². The number of unbranched alkanes of at least 4 members (excludes halogenated alkanes) is 18. The van der Waals surface area contributed by atoms with Gasteiger partial charge in [-0.05, 0) is 109 Å². The third kappa shape index (κ3) is 28.3. The lowest BCUT2D eigenvalue weighted by atomic mass is 9.86. The Hall–Kier alpha value is -1.14. The summed E-state index contributed by atoms with van der Waals surface area (Å²) in [5.41, 5.74) is -0.0374. The molecule has 0 aromatic heterocycles. The molecule has 1 saturated carbocycles. The van der Waals surface area contributed by atoms with Crippen LogP contribution in [0.3, 0.4) is 0 Å². The first-order valence-electron chi connectivity index (χ1n) is 23.9. The van der Waals surface area contributed by atoms with Gasteiger partial charge in [0.2, 0.25) is 0 Å². The Labute approximate surface area is 336 Å². The molecule has 0 aliphatic heterocycles. The van der Waals surface area contributed by atoms with Crippen molar-refractivity contribution in [3.63, 3.8) is 0 Å². The van der Waals surface area contributed by atoms with Crippen LogP contribution in [-0.2, 0) is 19.1 Å². The van der Waals surface area contributed by atoms with Crippen LogP contribution in [0, 0.1) is 16.7 Å². The fourth-order valence-electron chi connectivity index (χ4n) is 8.08. The van der Waals surface area contributed by atoms with Gasteiger partial charge >= 0.3 is 11.9 Å². The number of carbonyl (C=O) groups excluding carboxylic acids is 2. The van der Waals surface area contributed by atoms with Gasteiger partial charge in [0.15, 0.2) is 0 Å². The number of esters is 2. The molecule has 1 rings (SSSR count). The van der Waals surface area contributed by atoms with Crippen LogP contribution in [0.15, 0.2) is 0 Å². The summed E-state index contributed by atoms with van der Waals surface area (Å²) in [4.78, 5) is 28.1. The molecule has 0 saturated heterocycles. The summed E-state index contributed by atoms with van der Waals surface area (Å²) < 4.78 is 11.6. The average Bonchev–Trinajstić information content (AvgIpc) is 3.94. The monoisotopic (exact) mass is 764 g/mol. The molecule has 1 N–H and O–H groups in total. The standard InChI is InChI=1S/C48H93NO5/c1-6-9-12-15-16-21-28-42-53-45(51)32-35-48(36-37-48)34-25-27-39-49(40-29-41-50)38-26-20-19-24-33-47(4,5)46(52)54-43-44(30-22-17-13-10-7-2)31-23-18-14-11-8-3/h44,50H,6-43H2,1-5H3. The highest BCUT2D eigenvalue weighted by atomic mass is 16.5. The van der Waals surface area contributed by atoms with Crippen LogP contribution in [0.1, 0.15) is 240 Å². The second-order valence-electron chi connectivity index (χ2n) is 18.1. The summed E-state index contributed by atoms with van der Waals surface area (Å²) >= 11 is 0. The molecule has 1 aliphatic rings. The van der Waals surface area contributed by atoms with Crippen molar-refractivity contribution < 1.29 is 24.2 Å². The zero-order valence-electron chi connectivity index (χ0n) is 37.0. The highest BCUT2D eigenvalue weighted by Gasteiger charge is 2.41. The first kappa shape index (κ1) is 50.9. The van der Waals surface area contributed by atoms with Crippen molar-refractivity contribution in [2.45, 2.75) is 240 Å². The van der Waals surface area contributed by atoms with Gasteiger partial charge in [-0.25, -0.2) is 0 Å². The van der Waals surface area contributed by atoms with Crippen molar-refractivity contribution in [1.82, 2.24) is 4.90 Å². The van der Waals surface area contributed by atoms with Crippen molar-refractivity contribution in [2.75, 3.05) is 39.5 Å². The molecule has 0 amide bonds. The SMILES string of the molecule is CCCCCCCCCOC(=O)CCC1(CCCCN(CCCO)CCCCCCC(C)(C)C(=O)OCC(CCCCCCC)CCCCCCC)CC1. The van der Waals surface area contributed by atoms with Gasteiger partial charge in [-0.3, -0.25) is 9.59 Å². The molecule has 0 spiro atoms. The molecule has 1 aliphatic carbocycles. The molecule has 1 fully saturated rings. The normalized spacial score (nSPS) is 13.9. The number of ether oxygens (including phenoxy) is 2. The smallest absolute Gasteiger partial charge is 0.311 e. The van der Waals surface area contributed by atoms with E-state index in [1.54, 1.807) is 0 Å². The van der Waals surface area contributed by atoms with E-state index in [0.717, 1.165) is 58.2 Å². The maximum Gasteiger partial charge on any atom is 0.311 e. The fourth-order valence-corrected chi connectivity index (χ4v) is 8.08. The third-order valence-electron chi connectivity index (χ3n) is 12.4. The average molecular weight is 764 g/mol. The number of aliphatic hydroxyl groups excluding tert-OH is 1. The van der Waals surface area contributed by atoms with Crippen molar-refractivity contribution in [1.29, 1.82) is 0 Å². The van der Waals surface area contributed by atoms with E-state index in [2.05, 4.69) is 39.5 Å². The number of hydrogen-bond acceptors (Lipinski definition) is 6. The number of nitrogens with zero attached hydrogens (tertiary/aromatic N) is 1. The lowest BCUT2D eigenvalue weighted by molar-refractivity contribution is -0.156. The van der Waals surface area contributed by atoms with E-state index in [4.69, 9.17) is 9.47 Å². The summed E-state index contributed by atoms with van der Waals surface area (Å²) in [7, 11) is 0. The van der Waals surface area contributed by atoms with Crippen LogP contribution >= 0.6 is 0 Å². The van der Waals surface area contributed by atoms with E-state index in [1.807, 2.05) is 0 Å². The minimum Gasteiger partial charge on any atom is -0.466 e. The summed E-state index contributed by atoms with van der Waals surface area (Å²) in [5, 5.41) is 9.49. The van der Waals surface area contributed by atoms with E-state index >= 15 is 0 Å². The van der Waals surface area contributed by atoms with E-state index < -0.39 is 5.41 Å². The Bertz CT molecular complexity index is 857. The second kappa shape index (κ2) is 33.9. The highest BCUT2D eigenvalue weighted by Crippen LogP contribution is 2.53. The lowest BCUT2D eigenvalue weighted by Gasteiger charge is -2.25. The molecule has 54 heavy (non-hydrogen) atoms. The molecule has 0 radical (unpaired) electrons. The molecule has 6 nitrogen and oxygen atoms in total. The topological polar surface area (TPSA) is 76.1 Å². The number of aliphatic hydroxyl groups is 1. The van der Waals surface area contributed by atoms with Crippen LogP contribution in [0.5, 0.6) is 0 Å². The van der Waals surface area contributed by atoms with Gasteiger partial charge in [0.1, 0.15) is 0 Å². The number of rotatable bonds is 41. The van der Waals surface area contributed by atoms with Gasteiger partial charge in [-0.1, -0.05) is 149 Å². The maximum atomic E-state index is 13.2. The Morgan fingerprint density at radius 2 is 1.11 bits per heavy atom. The molecular weight excluding hydrogens is 671 g/mol. The van der Waals surface area contributed by atoms with Crippen molar-refractivity contribution in [3.8, 4) is 0 Å². The van der Waals surface area contributed by atoms with Gasteiger partial charge in [0.25, 0.3) is 0 Å². The first-order valence-corrected chi connectivity index (χ1v) is 23.9. The quantitative estimate of drug-likeness (QED) is 0.0494. The van der Waals surface area contributed by atoms with Crippen molar-refractivity contribution in [3.05, 3.63) is 0 Å². The van der Waals surface area contributed by atoms with Crippen LogP contribution < -0.4 is 0 Å². The number of carbonyl (C=O) groups is 2. The largest absolute Gasteiger partial charge is 0.466 e. The minimum absolute atomic E-state index is 0.00155. The maximum absolute atomic E-state index is 13.2. The molecule has 0 bridgehead atoms. The van der Waals surface area contributed by atoms with Crippen LogP contribution in [-0.4, -0.2) is 61.4 Å². The molecule has 0 atom stereocenters. The van der Waals surface area contributed by atoms with Crippen molar-refractivity contribution in [2.24, 2.45) is 16.7 Å². The summed E-state index contributed by atoms with van der Waals surface area (Å²) in [5.74, 6) is 0.504. The lowest BCUT2D eigenvalue weighted by Crippen LogP contribution is -2.29. The Morgan fingerprint density at radius 1 is 0.611 bits per heavy atom. The van der Waals surface area contributed by atoms with E-state index in [-0.39, 0.29) is 18.5 Å². The summed E-state index contributed by atoms with van der Waals surface area (Å²) in [6, 6.07) is 0. The summed E-state index contributed by atoms with van der Waals surface area (Å²) in [6.07, 6.45) is 38.1. The zero-order chi connectivity index (χ0) is 39.6.